The lowest BCUT2D eigenvalue weighted by molar-refractivity contribution is -0.123. The van der Waals surface area contributed by atoms with Crippen LogP contribution >= 0.6 is 23.1 Å². The maximum atomic E-state index is 13.8. The Morgan fingerprint density at radius 2 is 1.66 bits per heavy atom. The Balaban J connectivity index is 1.16. The average molecular weight is 585 g/mol. The van der Waals surface area contributed by atoms with Crippen LogP contribution in [0.4, 0.5) is 10.1 Å². The maximum absolute atomic E-state index is 13.8. The van der Waals surface area contributed by atoms with Crippen LogP contribution in [0.5, 0.6) is 5.75 Å². The number of hydrogen-bond acceptors (Lipinski definition) is 6. The van der Waals surface area contributed by atoms with Crippen LogP contribution in [-0.4, -0.2) is 22.0 Å². The Labute approximate surface area is 243 Å². The minimum Gasteiger partial charge on any atom is -0.489 e. The minimum atomic E-state index is -0.409. The molecule has 2 saturated carbocycles. The normalized spacial score (nSPS) is 29.4. The lowest BCUT2D eigenvalue weighted by Crippen LogP contribution is -2.42. The fraction of sp³-hybridized carbons (Fsp3) is 0.281. The second kappa shape index (κ2) is 9.42. The van der Waals surface area contributed by atoms with Crippen LogP contribution in [0.15, 0.2) is 88.7 Å². The van der Waals surface area contributed by atoms with Crippen molar-refractivity contribution in [1.29, 1.82) is 0 Å². The van der Waals surface area contributed by atoms with Crippen molar-refractivity contribution in [2.75, 3.05) is 4.90 Å². The summed E-state index contributed by atoms with van der Waals surface area (Å²) >= 11 is 2.91. The van der Waals surface area contributed by atoms with Gasteiger partial charge in [-0.05, 0) is 71.7 Å². The number of anilines is 1. The number of nitrogens with zero attached hydrogens (tertiary/aromatic N) is 1. The predicted molar refractivity (Wildman–Crippen MR) is 155 cm³/mol. The summed E-state index contributed by atoms with van der Waals surface area (Å²) in [6.45, 7) is 0.448. The van der Waals surface area contributed by atoms with Crippen molar-refractivity contribution in [2.24, 2.45) is 29.6 Å². The number of H-pyrrole nitrogens is 1. The number of carbonyl (C=O) groups is 2. The summed E-state index contributed by atoms with van der Waals surface area (Å²) in [5.41, 5.74) is 2.56. The Morgan fingerprint density at radius 3 is 2.44 bits per heavy atom. The Kier molecular flexibility index (Phi) is 5.76. The van der Waals surface area contributed by atoms with Crippen molar-refractivity contribution in [3.63, 3.8) is 0 Å². The minimum absolute atomic E-state index is 0.00800. The van der Waals surface area contributed by atoms with Crippen LogP contribution in [0, 0.1) is 35.4 Å². The van der Waals surface area contributed by atoms with Crippen molar-refractivity contribution in [1.82, 2.24) is 4.98 Å². The number of nitrogens with one attached hydrogen (secondary N) is 1. The van der Waals surface area contributed by atoms with E-state index in [-0.39, 0.29) is 51.5 Å². The number of aromatic amines is 1. The number of ether oxygens (including phenoxy) is 1. The van der Waals surface area contributed by atoms with E-state index in [0.29, 0.717) is 12.3 Å². The molecule has 6 nitrogen and oxygen atoms in total. The molecule has 9 heteroatoms. The second-order valence-electron chi connectivity index (χ2n) is 11.3. The van der Waals surface area contributed by atoms with Gasteiger partial charge in [0.1, 0.15) is 18.2 Å². The molecule has 7 atom stereocenters. The number of halogens is 1. The molecule has 0 spiro atoms. The highest BCUT2D eigenvalue weighted by Crippen LogP contribution is 2.68. The highest BCUT2D eigenvalue weighted by Gasteiger charge is 2.69. The zero-order valence-electron chi connectivity index (χ0n) is 21.7. The first-order valence-corrected chi connectivity index (χ1v) is 15.5. The molecule has 1 N–H and O–H groups in total. The summed E-state index contributed by atoms with van der Waals surface area (Å²) in [5, 5.41) is 0.973. The molecule has 3 heterocycles. The quantitative estimate of drug-likeness (QED) is 0.299. The average Bonchev–Trinajstić information content (AvgIpc) is 3.72. The third-order valence-corrected chi connectivity index (χ3v) is 11.9. The SMILES string of the molecule is O=C1[C@H]2[C@H]3C[C@@H]([C@@H]2C(=O)N1c1ccc(F)cc1)[C@H]1[C@H](c2cccc(OCc4ccccc4)c2)c2sc(=O)[nH]c2S[C@H]31. The van der Waals surface area contributed by atoms with E-state index in [2.05, 4.69) is 17.1 Å². The van der Waals surface area contributed by atoms with Gasteiger partial charge in [-0.2, -0.15) is 0 Å². The molecular weight excluding hydrogens is 559 g/mol. The molecule has 0 radical (unpaired) electrons. The van der Waals surface area contributed by atoms with Crippen LogP contribution in [0.25, 0.3) is 0 Å². The largest absolute Gasteiger partial charge is 0.489 e. The summed E-state index contributed by atoms with van der Waals surface area (Å²) < 4.78 is 19.8. The summed E-state index contributed by atoms with van der Waals surface area (Å²) in [6.07, 6.45) is 0.812. The van der Waals surface area contributed by atoms with E-state index < -0.39 is 11.7 Å². The van der Waals surface area contributed by atoms with Crippen LogP contribution in [0.3, 0.4) is 0 Å². The van der Waals surface area contributed by atoms with Crippen molar-refractivity contribution < 1.29 is 18.7 Å². The van der Waals surface area contributed by atoms with E-state index in [0.717, 1.165) is 33.2 Å². The maximum Gasteiger partial charge on any atom is 0.305 e. The standard InChI is InChI=1S/C32H25FN2O4S2/c33-18-9-11-19(12-10-18)35-30(36)25-21-14-22(26(25)31(35)37)27-24(21)23(28-29(40-27)34-32(38)41-28)17-7-4-8-20(13-17)39-15-16-5-2-1-3-6-16/h1-13,21-27H,14-15H2,(H,34,38)/t21-,22-,23+,24+,25+,26+,27-/m1/s1. The van der Waals surface area contributed by atoms with Gasteiger partial charge in [-0.1, -0.05) is 53.8 Å². The number of rotatable bonds is 5. The van der Waals surface area contributed by atoms with Crippen molar-refractivity contribution in [3.8, 4) is 5.75 Å². The van der Waals surface area contributed by atoms with Crippen molar-refractivity contribution in [3.05, 3.63) is 110 Å². The van der Waals surface area contributed by atoms with E-state index in [1.54, 1.807) is 11.8 Å². The summed E-state index contributed by atoms with van der Waals surface area (Å²) in [5.74, 6) is -0.776. The number of aromatic nitrogens is 1. The van der Waals surface area contributed by atoms with Crippen LogP contribution in [0.1, 0.15) is 28.3 Å². The zero-order valence-corrected chi connectivity index (χ0v) is 23.4. The Morgan fingerprint density at radius 1 is 0.902 bits per heavy atom. The number of imide groups is 1. The van der Waals surface area contributed by atoms with Crippen molar-refractivity contribution >= 4 is 40.6 Å². The number of thioether (sulfide) groups is 1. The number of carbonyl (C=O) groups excluding carboxylic acids is 2. The van der Waals surface area contributed by atoms with Gasteiger partial charge in [0, 0.05) is 16.0 Å². The van der Waals surface area contributed by atoms with E-state index in [4.69, 9.17) is 4.74 Å². The number of thiazole rings is 1. The van der Waals surface area contributed by atoms with Crippen LogP contribution in [-0.2, 0) is 16.2 Å². The molecule has 2 amide bonds. The number of benzene rings is 3. The molecule has 3 fully saturated rings. The highest BCUT2D eigenvalue weighted by molar-refractivity contribution is 8.00. The van der Waals surface area contributed by atoms with Gasteiger partial charge in [-0.25, -0.2) is 4.39 Å². The van der Waals surface area contributed by atoms with E-state index in [1.165, 1.54) is 40.5 Å². The number of hydrogen-bond donors (Lipinski definition) is 1. The van der Waals surface area contributed by atoms with Crippen LogP contribution < -0.4 is 14.5 Å². The van der Waals surface area contributed by atoms with E-state index >= 15 is 0 Å². The first-order valence-electron chi connectivity index (χ1n) is 13.8. The fourth-order valence-electron chi connectivity index (χ4n) is 7.77. The second-order valence-corrected chi connectivity index (χ2v) is 13.5. The molecule has 2 bridgehead atoms. The lowest BCUT2D eigenvalue weighted by atomic mass is 9.68. The predicted octanol–water partition coefficient (Wildman–Crippen LogP) is 5.83. The smallest absolute Gasteiger partial charge is 0.305 e. The number of fused-ring (bicyclic) bond motifs is 9. The van der Waals surface area contributed by atoms with Crippen molar-refractivity contribution in [2.45, 2.75) is 29.2 Å². The van der Waals surface area contributed by atoms with Crippen LogP contribution in [0.2, 0.25) is 0 Å². The van der Waals surface area contributed by atoms with Gasteiger partial charge in [0.15, 0.2) is 0 Å². The Bertz CT molecular complexity index is 1740. The molecule has 4 aromatic rings. The molecule has 41 heavy (non-hydrogen) atoms. The number of amides is 2. The fourth-order valence-corrected chi connectivity index (χ4v) is 10.7. The zero-order chi connectivity index (χ0) is 27.8. The first-order chi connectivity index (χ1) is 20.0. The molecule has 206 valence electrons. The van der Waals surface area contributed by atoms with Gasteiger partial charge < -0.3 is 9.72 Å². The van der Waals surface area contributed by atoms with Gasteiger partial charge in [0.05, 0.1) is 22.5 Å². The van der Waals surface area contributed by atoms with Gasteiger partial charge in [-0.15, -0.1) is 11.8 Å². The molecule has 4 aliphatic rings. The molecule has 8 rings (SSSR count). The van der Waals surface area contributed by atoms with E-state index in [1.807, 2.05) is 42.5 Å². The molecular formula is C32H25FN2O4S2. The van der Waals surface area contributed by atoms with Gasteiger partial charge in [0.25, 0.3) is 0 Å². The molecule has 1 aromatic heterocycles. The topological polar surface area (TPSA) is 79.5 Å². The van der Waals surface area contributed by atoms with Gasteiger partial charge in [-0.3, -0.25) is 19.3 Å². The lowest BCUT2D eigenvalue weighted by Gasteiger charge is -2.43. The summed E-state index contributed by atoms with van der Waals surface area (Å²) in [4.78, 5) is 45.4. The monoisotopic (exact) mass is 584 g/mol. The first kappa shape index (κ1) is 25.1. The van der Waals surface area contributed by atoms with E-state index in [9.17, 15) is 18.8 Å². The third kappa shape index (κ3) is 3.85. The summed E-state index contributed by atoms with van der Waals surface area (Å²) in [7, 11) is 0. The third-order valence-electron chi connectivity index (χ3n) is 9.27. The Hall–Kier alpha value is -3.69. The molecule has 0 unspecified atom stereocenters. The van der Waals surface area contributed by atoms with Gasteiger partial charge >= 0.3 is 4.87 Å². The molecule has 1 saturated heterocycles. The highest BCUT2D eigenvalue weighted by atomic mass is 32.2. The summed E-state index contributed by atoms with van der Waals surface area (Å²) in [6, 6.07) is 23.6. The van der Waals surface area contributed by atoms with Gasteiger partial charge in [0.2, 0.25) is 11.8 Å². The molecule has 2 aliphatic heterocycles. The molecule has 3 aromatic carbocycles. The molecule has 2 aliphatic carbocycles.